The summed E-state index contributed by atoms with van der Waals surface area (Å²) in [5.74, 6) is 1.65. The van der Waals surface area contributed by atoms with Crippen molar-refractivity contribution in [1.82, 2.24) is 9.88 Å². The van der Waals surface area contributed by atoms with Crippen molar-refractivity contribution >= 4 is 45.2 Å². The quantitative estimate of drug-likeness (QED) is 0.365. The van der Waals surface area contributed by atoms with Gasteiger partial charge in [-0.05, 0) is 74.2 Å². The van der Waals surface area contributed by atoms with Gasteiger partial charge in [0.25, 0.3) is 0 Å². The molecule has 3 aromatic rings. The number of ether oxygens (including phenoxy) is 1. The molecule has 2 aromatic carbocycles. The molecule has 0 unspecified atom stereocenters. The lowest BCUT2D eigenvalue weighted by Gasteiger charge is -2.27. The van der Waals surface area contributed by atoms with Crippen LogP contribution in [0.15, 0.2) is 64.5 Å². The van der Waals surface area contributed by atoms with E-state index < -0.39 is 0 Å². The standard InChI is InChI=1S/C26H32N2OS.BrH/c1-18(2)17-28-13-11-20(12-14-28)25-16-27-26-10-9-23(15-24(25)26)30-22-7-5-21(6-8-22)29-19(3)4;/h5-11,15-16,18-19,27H,12-14,17H2,1-4H3;1H. The number of hydrogen-bond donors (Lipinski definition) is 1. The molecular formula is C26H33BrN2OS. The van der Waals surface area contributed by atoms with E-state index in [1.807, 2.05) is 0 Å². The van der Waals surface area contributed by atoms with Crippen LogP contribution >= 0.6 is 28.7 Å². The van der Waals surface area contributed by atoms with Crippen LogP contribution in [0.1, 0.15) is 39.7 Å². The molecule has 0 bridgehead atoms. The van der Waals surface area contributed by atoms with Crippen molar-refractivity contribution in [3.63, 3.8) is 0 Å². The fraction of sp³-hybridized carbons (Fsp3) is 0.385. The summed E-state index contributed by atoms with van der Waals surface area (Å²) in [5.41, 5.74) is 4.04. The smallest absolute Gasteiger partial charge is 0.119 e. The largest absolute Gasteiger partial charge is 0.491 e. The van der Waals surface area contributed by atoms with E-state index in [0.717, 1.165) is 31.2 Å². The summed E-state index contributed by atoms with van der Waals surface area (Å²) in [5, 5.41) is 1.32. The lowest BCUT2D eigenvalue weighted by molar-refractivity contribution is 0.242. The molecule has 0 fully saturated rings. The fourth-order valence-corrected chi connectivity index (χ4v) is 4.92. The van der Waals surface area contributed by atoms with Gasteiger partial charge in [-0.1, -0.05) is 31.7 Å². The number of hydrogen-bond acceptors (Lipinski definition) is 3. The molecule has 0 aliphatic carbocycles. The molecule has 3 nitrogen and oxygen atoms in total. The molecule has 166 valence electrons. The first kappa shape index (κ1) is 24.0. The lowest BCUT2D eigenvalue weighted by atomic mass is 9.98. The van der Waals surface area contributed by atoms with Gasteiger partial charge in [0.2, 0.25) is 0 Å². The molecule has 2 heterocycles. The second-order valence-corrected chi connectivity index (χ2v) is 9.93. The van der Waals surface area contributed by atoms with E-state index in [0.29, 0.717) is 0 Å². The third-order valence-corrected chi connectivity index (χ3v) is 6.34. The highest BCUT2D eigenvalue weighted by molar-refractivity contribution is 8.93. The van der Waals surface area contributed by atoms with Gasteiger partial charge >= 0.3 is 0 Å². The van der Waals surface area contributed by atoms with Gasteiger partial charge in [0.1, 0.15) is 5.75 Å². The monoisotopic (exact) mass is 500 g/mol. The molecule has 1 aromatic heterocycles. The number of nitrogens with one attached hydrogen (secondary N) is 1. The molecule has 0 atom stereocenters. The van der Waals surface area contributed by atoms with E-state index in [9.17, 15) is 0 Å². The van der Waals surface area contributed by atoms with E-state index in [1.54, 1.807) is 11.8 Å². The molecule has 0 spiro atoms. The Morgan fingerprint density at radius 2 is 1.77 bits per heavy atom. The zero-order valence-electron chi connectivity index (χ0n) is 18.9. The van der Waals surface area contributed by atoms with Gasteiger partial charge in [-0.2, -0.15) is 0 Å². The van der Waals surface area contributed by atoms with Gasteiger partial charge in [0.05, 0.1) is 6.10 Å². The Morgan fingerprint density at radius 1 is 1.03 bits per heavy atom. The molecule has 5 heteroatoms. The molecule has 1 aliphatic rings. The number of nitrogens with zero attached hydrogens (tertiary/aromatic N) is 1. The summed E-state index contributed by atoms with van der Waals surface area (Å²) in [6.07, 6.45) is 5.92. The molecule has 0 radical (unpaired) electrons. The van der Waals surface area contributed by atoms with Crippen molar-refractivity contribution in [3.8, 4) is 5.75 Å². The van der Waals surface area contributed by atoms with Crippen LogP contribution in [-0.2, 0) is 0 Å². The minimum absolute atomic E-state index is 0. The molecular weight excluding hydrogens is 468 g/mol. The molecule has 1 aliphatic heterocycles. The normalized spacial score (nSPS) is 14.7. The Kier molecular flexibility index (Phi) is 8.31. The summed E-state index contributed by atoms with van der Waals surface area (Å²) in [6, 6.07) is 15.1. The minimum atomic E-state index is 0. The third-order valence-electron chi connectivity index (χ3n) is 5.35. The SMILES string of the molecule is Br.CC(C)CN1CC=C(c2c[nH]c3ccc(Sc4ccc(OC(C)C)cc4)cc23)CC1. The van der Waals surface area contributed by atoms with Crippen molar-refractivity contribution in [2.75, 3.05) is 19.6 Å². The van der Waals surface area contributed by atoms with Crippen molar-refractivity contribution in [3.05, 3.63) is 60.3 Å². The average molecular weight is 502 g/mol. The lowest BCUT2D eigenvalue weighted by Crippen LogP contribution is -2.31. The van der Waals surface area contributed by atoms with E-state index in [4.69, 9.17) is 4.74 Å². The summed E-state index contributed by atoms with van der Waals surface area (Å²) in [6.45, 7) is 12.1. The van der Waals surface area contributed by atoms with Gasteiger partial charge in [-0.3, -0.25) is 4.90 Å². The van der Waals surface area contributed by atoms with Gasteiger partial charge in [-0.25, -0.2) is 0 Å². The highest BCUT2D eigenvalue weighted by atomic mass is 79.9. The first-order valence-electron chi connectivity index (χ1n) is 11.0. The van der Waals surface area contributed by atoms with Crippen molar-refractivity contribution < 1.29 is 4.74 Å². The number of H-pyrrole nitrogens is 1. The highest BCUT2D eigenvalue weighted by Gasteiger charge is 2.16. The Morgan fingerprint density at radius 3 is 2.42 bits per heavy atom. The predicted octanol–water partition coefficient (Wildman–Crippen LogP) is 7.43. The van der Waals surface area contributed by atoms with Crippen LogP contribution in [0.3, 0.4) is 0 Å². The maximum atomic E-state index is 5.76. The van der Waals surface area contributed by atoms with Gasteiger partial charge in [0, 0.05) is 52.1 Å². The van der Waals surface area contributed by atoms with Crippen molar-refractivity contribution in [2.45, 2.75) is 50.0 Å². The Balaban J connectivity index is 0.00000272. The number of fused-ring (bicyclic) bond motifs is 1. The zero-order valence-corrected chi connectivity index (χ0v) is 21.4. The molecule has 4 rings (SSSR count). The number of rotatable bonds is 7. The number of halogens is 1. The Hall–Kier alpha value is -1.69. The highest BCUT2D eigenvalue weighted by Crippen LogP contribution is 2.35. The van der Waals surface area contributed by atoms with Crippen LogP contribution < -0.4 is 4.74 Å². The van der Waals surface area contributed by atoms with Crippen LogP contribution in [0.4, 0.5) is 0 Å². The maximum Gasteiger partial charge on any atom is 0.119 e. The van der Waals surface area contributed by atoms with Crippen LogP contribution in [-0.4, -0.2) is 35.6 Å². The summed E-state index contributed by atoms with van der Waals surface area (Å²) < 4.78 is 5.76. The van der Waals surface area contributed by atoms with Crippen molar-refractivity contribution in [1.29, 1.82) is 0 Å². The summed E-state index contributed by atoms with van der Waals surface area (Å²) in [7, 11) is 0. The Bertz CT molecular complexity index is 1020. The number of aromatic amines is 1. The van der Waals surface area contributed by atoms with Gasteiger partial charge in [-0.15, -0.1) is 17.0 Å². The average Bonchev–Trinajstić information content (AvgIpc) is 3.12. The summed E-state index contributed by atoms with van der Waals surface area (Å²) in [4.78, 5) is 8.51. The maximum absolute atomic E-state index is 5.76. The minimum Gasteiger partial charge on any atom is -0.491 e. The van der Waals surface area contributed by atoms with Crippen LogP contribution in [0.2, 0.25) is 0 Å². The second-order valence-electron chi connectivity index (χ2n) is 8.78. The second kappa shape index (κ2) is 10.8. The van der Waals surface area contributed by atoms with Crippen LogP contribution in [0, 0.1) is 5.92 Å². The first-order chi connectivity index (χ1) is 14.5. The van der Waals surface area contributed by atoms with Crippen LogP contribution in [0.5, 0.6) is 5.75 Å². The fourth-order valence-electron chi connectivity index (χ4n) is 4.06. The van der Waals surface area contributed by atoms with E-state index in [1.165, 1.54) is 38.4 Å². The van der Waals surface area contributed by atoms with Gasteiger partial charge in [0.15, 0.2) is 0 Å². The Labute approximate surface area is 201 Å². The van der Waals surface area contributed by atoms with Gasteiger partial charge < -0.3 is 9.72 Å². The summed E-state index contributed by atoms with van der Waals surface area (Å²) >= 11 is 1.80. The molecule has 0 saturated carbocycles. The predicted molar refractivity (Wildman–Crippen MR) is 139 cm³/mol. The first-order valence-corrected chi connectivity index (χ1v) is 11.8. The molecule has 31 heavy (non-hydrogen) atoms. The van der Waals surface area contributed by atoms with Crippen molar-refractivity contribution in [2.24, 2.45) is 5.92 Å². The van der Waals surface area contributed by atoms with E-state index >= 15 is 0 Å². The van der Waals surface area contributed by atoms with E-state index in [2.05, 4.69) is 92.3 Å². The molecule has 1 N–H and O–H groups in total. The number of aromatic nitrogens is 1. The zero-order chi connectivity index (χ0) is 21.1. The number of benzene rings is 2. The van der Waals surface area contributed by atoms with Crippen LogP contribution in [0.25, 0.3) is 16.5 Å². The van der Waals surface area contributed by atoms with E-state index in [-0.39, 0.29) is 23.1 Å². The third kappa shape index (κ3) is 6.18. The molecule has 0 amide bonds. The topological polar surface area (TPSA) is 28.3 Å². The molecule has 0 saturated heterocycles.